The van der Waals surface area contributed by atoms with Gasteiger partial charge < -0.3 is 23.7 Å². The third-order valence-electron chi connectivity index (χ3n) is 6.56. The lowest BCUT2D eigenvalue weighted by Crippen LogP contribution is -2.50. The van der Waals surface area contributed by atoms with Crippen molar-refractivity contribution >= 4 is 22.8 Å². The van der Waals surface area contributed by atoms with E-state index in [0.717, 1.165) is 18.4 Å². The molecule has 0 saturated carbocycles. The summed E-state index contributed by atoms with van der Waals surface area (Å²) in [6.45, 7) is 9.33. The van der Waals surface area contributed by atoms with E-state index in [4.69, 9.17) is 13.9 Å². The fourth-order valence-electron chi connectivity index (χ4n) is 4.58. The Bertz CT molecular complexity index is 1140. The molecule has 4 rings (SSSR count). The summed E-state index contributed by atoms with van der Waals surface area (Å²) in [5.41, 5.74) is 1.55. The maximum atomic E-state index is 13.0. The molecule has 32 heavy (non-hydrogen) atoms. The summed E-state index contributed by atoms with van der Waals surface area (Å²) < 4.78 is 17.5. The second-order valence-electron chi connectivity index (χ2n) is 9.18. The van der Waals surface area contributed by atoms with E-state index in [1.165, 1.54) is 6.92 Å². The monoisotopic (exact) mass is 442 g/mol. The fraction of sp³-hybridized carbons (Fsp3) is 0.542. The summed E-state index contributed by atoms with van der Waals surface area (Å²) in [5, 5.41) is 0.707. The maximum absolute atomic E-state index is 13.0. The number of hydrogen-bond acceptors (Lipinski definition) is 6. The molecule has 3 heterocycles. The number of carbonyl (C=O) groups is 2. The summed E-state index contributed by atoms with van der Waals surface area (Å²) >= 11 is 0. The first kappa shape index (κ1) is 22.2. The van der Waals surface area contributed by atoms with Crippen LogP contribution in [-0.4, -0.2) is 60.5 Å². The molecule has 1 saturated heterocycles. The molecule has 2 aromatic rings. The van der Waals surface area contributed by atoms with Crippen molar-refractivity contribution < 1.29 is 23.5 Å². The Hall–Kier alpha value is -3.03. The number of rotatable bonds is 3. The highest BCUT2D eigenvalue weighted by atomic mass is 16.5. The van der Waals surface area contributed by atoms with Gasteiger partial charge in [0.05, 0.1) is 24.5 Å². The predicted molar refractivity (Wildman–Crippen MR) is 119 cm³/mol. The summed E-state index contributed by atoms with van der Waals surface area (Å²) in [5.74, 6) is 1.08. The Morgan fingerprint density at radius 2 is 1.81 bits per heavy atom. The lowest BCUT2D eigenvalue weighted by molar-refractivity contribution is -0.138. The van der Waals surface area contributed by atoms with Gasteiger partial charge in [-0.1, -0.05) is 0 Å². The molecule has 2 amide bonds. The largest absolute Gasteiger partial charge is 0.496 e. The van der Waals surface area contributed by atoms with Crippen molar-refractivity contribution in [2.75, 3.05) is 33.3 Å². The average molecular weight is 443 g/mol. The van der Waals surface area contributed by atoms with Crippen LogP contribution in [0.2, 0.25) is 0 Å². The molecule has 2 aliphatic heterocycles. The van der Waals surface area contributed by atoms with Crippen molar-refractivity contribution in [2.24, 2.45) is 0 Å². The standard InChI is InChI=1S/C24H30N2O6/c1-14-17(12-20(28)26-10-8-25(9-11-26)15(2)27)23(29)31-22-16-6-7-24(3,4)32-18(16)13-19(30-5)21(14)22/h13H,6-12H2,1-5H3. The number of piperazine rings is 1. The molecule has 1 aromatic heterocycles. The van der Waals surface area contributed by atoms with E-state index in [9.17, 15) is 14.4 Å². The van der Waals surface area contributed by atoms with E-state index >= 15 is 0 Å². The van der Waals surface area contributed by atoms with Gasteiger partial charge >= 0.3 is 5.63 Å². The number of carbonyl (C=O) groups excluding carboxylic acids is 2. The van der Waals surface area contributed by atoms with Gasteiger partial charge in [0.25, 0.3) is 0 Å². The Kier molecular flexibility index (Phi) is 5.65. The van der Waals surface area contributed by atoms with Gasteiger partial charge in [0.1, 0.15) is 22.7 Å². The Labute approximate surface area is 187 Å². The van der Waals surface area contributed by atoms with Gasteiger partial charge in [0, 0.05) is 44.7 Å². The van der Waals surface area contributed by atoms with Crippen LogP contribution in [-0.2, 0) is 22.4 Å². The first-order chi connectivity index (χ1) is 15.1. The van der Waals surface area contributed by atoms with Crippen LogP contribution in [0.3, 0.4) is 0 Å². The molecule has 172 valence electrons. The van der Waals surface area contributed by atoms with Gasteiger partial charge in [-0.25, -0.2) is 4.79 Å². The molecule has 0 spiro atoms. The number of hydrogen-bond donors (Lipinski definition) is 0. The van der Waals surface area contributed by atoms with Crippen LogP contribution < -0.4 is 15.1 Å². The molecule has 0 N–H and O–H groups in total. The van der Waals surface area contributed by atoms with Gasteiger partial charge in [-0.2, -0.15) is 0 Å². The quantitative estimate of drug-likeness (QED) is 0.679. The lowest BCUT2D eigenvalue weighted by atomic mass is 9.91. The first-order valence-corrected chi connectivity index (χ1v) is 11.0. The second kappa shape index (κ2) is 8.15. The number of benzene rings is 1. The van der Waals surface area contributed by atoms with Crippen molar-refractivity contribution in [3.05, 3.63) is 33.2 Å². The zero-order chi connectivity index (χ0) is 23.2. The molecule has 0 radical (unpaired) electrons. The van der Waals surface area contributed by atoms with Gasteiger partial charge in [-0.05, 0) is 39.2 Å². The van der Waals surface area contributed by atoms with Gasteiger partial charge in [0.15, 0.2) is 0 Å². The van der Waals surface area contributed by atoms with Crippen molar-refractivity contribution in [1.82, 2.24) is 9.80 Å². The van der Waals surface area contributed by atoms with Crippen LogP contribution >= 0.6 is 0 Å². The molecule has 1 fully saturated rings. The fourth-order valence-corrected chi connectivity index (χ4v) is 4.58. The molecular weight excluding hydrogens is 412 g/mol. The topological polar surface area (TPSA) is 89.3 Å². The normalized spacial score (nSPS) is 17.7. The van der Waals surface area contributed by atoms with Crippen LogP contribution in [0.1, 0.15) is 43.9 Å². The van der Waals surface area contributed by atoms with Gasteiger partial charge in [-0.3, -0.25) is 9.59 Å². The van der Waals surface area contributed by atoms with E-state index in [1.54, 1.807) is 16.9 Å². The summed E-state index contributed by atoms with van der Waals surface area (Å²) in [6, 6.07) is 1.85. The van der Waals surface area contributed by atoms with Crippen molar-refractivity contribution in [1.29, 1.82) is 0 Å². The van der Waals surface area contributed by atoms with Crippen LogP contribution in [0.15, 0.2) is 15.3 Å². The van der Waals surface area contributed by atoms with Gasteiger partial charge in [-0.15, -0.1) is 0 Å². The predicted octanol–water partition coefficient (Wildman–Crippen LogP) is 2.45. The van der Waals surface area contributed by atoms with Crippen molar-refractivity contribution in [3.63, 3.8) is 0 Å². The Balaban J connectivity index is 1.69. The Morgan fingerprint density at radius 1 is 1.16 bits per heavy atom. The molecule has 8 nitrogen and oxygen atoms in total. The average Bonchev–Trinajstić information content (AvgIpc) is 2.74. The van der Waals surface area contributed by atoms with Crippen LogP contribution in [0.5, 0.6) is 11.5 Å². The molecular formula is C24H30N2O6. The highest BCUT2D eigenvalue weighted by Gasteiger charge is 2.31. The zero-order valence-electron chi connectivity index (χ0n) is 19.4. The van der Waals surface area contributed by atoms with E-state index in [0.29, 0.717) is 59.8 Å². The highest BCUT2D eigenvalue weighted by Crippen LogP contribution is 2.43. The number of fused-ring (bicyclic) bond motifs is 3. The third-order valence-corrected chi connectivity index (χ3v) is 6.56. The van der Waals surface area contributed by atoms with Gasteiger partial charge in [0.2, 0.25) is 11.8 Å². The second-order valence-corrected chi connectivity index (χ2v) is 9.18. The van der Waals surface area contributed by atoms with Crippen molar-refractivity contribution in [2.45, 2.75) is 52.6 Å². The minimum atomic E-state index is -0.508. The molecule has 2 aliphatic rings. The maximum Gasteiger partial charge on any atom is 0.340 e. The first-order valence-electron chi connectivity index (χ1n) is 11.0. The van der Waals surface area contributed by atoms with Crippen molar-refractivity contribution in [3.8, 4) is 11.5 Å². The van der Waals surface area contributed by atoms with E-state index in [1.807, 2.05) is 26.8 Å². The third kappa shape index (κ3) is 3.94. The number of nitrogens with zero attached hydrogens (tertiary/aromatic N) is 2. The van der Waals surface area contributed by atoms with E-state index in [2.05, 4.69) is 0 Å². The SMILES string of the molecule is COc1cc2c(c3oc(=O)c(CC(=O)N4CCN(C(C)=O)CC4)c(C)c13)CCC(C)(C)O2. The summed E-state index contributed by atoms with van der Waals surface area (Å²) in [4.78, 5) is 40.8. The number of ether oxygens (including phenoxy) is 2. The zero-order valence-corrected chi connectivity index (χ0v) is 19.4. The minimum absolute atomic E-state index is 0.00547. The van der Waals surface area contributed by atoms with E-state index in [-0.39, 0.29) is 23.8 Å². The highest BCUT2D eigenvalue weighted by molar-refractivity contribution is 5.93. The van der Waals surface area contributed by atoms with Crippen LogP contribution in [0, 0.1) is 6.92 Å². The van der Waals surface area contributed by atoms with Crippen LogP contribution in [0.25, 0.3) is 11.0 Å². The minimum Gasteiger partial charge on any atom is -0.496 e. The van der Waals surface area contributed by atoms with E-state index < -0.39 is 5.63 Å². The lowest BCUT2D eigenvalue weighted by Gasteiger charge is -2.34. The molecule has 1 aromatic carbocycles. The number of amides is 2. The molecule has 0 atom stereocenters. The summed E-state index contributed by atoms with van der Waals surface area (Å²) in [7, 11) is 1.57. The molecule has 0 unspecified atom stereocenters. The number of methoxy groups -OCH3 is 1. The molecule has 0 bridgehead atoms. The molecule has 0 aliphatic carbocycles. The Morgan fingerprint density at radius 3 is 2.44 bits per heavy atom. The van der Waals surface area contributed by atoms with Crippen LogP contribution in [0.4, 0.5) is 0 Å². The summed E-state index contributed by atoms with van der Waals surface area (Å²) in [6.07, 6.45) is 1.48. The molecule has 8 heteroatoms. The number of aryl methyl sites for hydroxylation is 2. The smallest absolute Gasteiger partial charge is 0.340 e.